The van der Waals surface area contributed by atoms with Crippen LogP contribution in [0.15, 0.2) is 0 Å². The Bertz CT molecular complexity index is 710. The molecule has 0 aromatic heterocycles. The van der Waals surface area contributed by atoms with E-state index < -0.39 is 0 Å². The summed E-state index contributed by atoms with van der Waals surface area (Å²) >= 11 is 0. The SMILES string of the molecule is CCCCCCCCCCCCCCCCCC(=O)OCCOCCOCCOCCOCCOCCOCCOCCOCCOC1CCCCO1. The summed E-state index contributed by atoms with van der Waals surface area (Å²) in [5, 5.41) is 0. The van der Waals surface area contributed by atoms with Gasteiger partial charge < -0.3 is 52.1 Å². The van der Waals surface area contributed by atoms with Crippen molar-refractivity contribution in [3.05, 3.63) is 0 Å². The van der Waals surface area contributed by atoms with E-state index in [4.69, 9.17) is 52.1 Å². The van der Waals surface area contributed by atoms with Gasteiger partial charge in [0.1, 0.15) is 6.61 Å². The highest BCUT2D eigenvalue weighted by Crippen LogP contribution is 2.14. The average molecular weight is 765 g/mol. The molecule has 1 aliphatic rings. The van der Waals surface area contributed by atoms with Crippen LogP contribution in [-0.4, -0.2) is 138 Å². The molecule has 1 aliphatic heterocycles. The highest BCUT2D eigenvalue weighted by Gasteiger charge is 2.13. The first kappa shape index (κ1) is 50.1. The minimum Gasteiger partial charge on any atom is -0.463 e. The van der Waals surface area contributed by atoms with Crippen molar-refractivity contribution in [2.24, 2.45) is 0 Å². The molecular formula is C41H80O12. The second kappa shape index (κ2) is 43.8. The topological polar surface area (TPSA) is 119 Å². The molecule has 0 spiro atoms. The van der Waals surface area contributed by atoms with Gasteiger partial charge in [-0.3, -0.25) is 4.79 Å². The molecule has 1 unspecified atom stereocenters. The van der Waals surface area contributed by atoms with Gasteiger partial charge in [0, 0.05) is 13.0 Å². The molecule has 1 heterocycles. The monoisotopic (exact) mass is 765 g/mol. The summed E-state index contributed by atoms with van der Waals surface area (Å²) in [6.45, 7) is 11.9. The van der Waals surface area contributed by atoms with Crippen molar-refractivity contribution < 1.29 is 56.9 Å². The van der Waals surface area contributed by atoms with Crippen LogP contribution in [0.1, 0.15) is 129 Å². The minimum atomic E-state index is -0.128. The first-order valence-corrected chi connectivity index (χ1v) is 21.3. The molecular weight excluding hydrogens is 684 g/mol. The number of unbranched alkanes of at least 4 members (excludes halogenated alkanes) is 14. The van der Waals surface area contributed by atoms with Crippen LogP contribution in [0.25, 0.3) is 0 Å². The second-order valence-corrected chi connectivity index (χ2v) is 13.5. The van der Waals surface area contributed by atoms with Crippen LogP contribution >= 0.6 is 0 Å². The summed E-state index contributed by atoms with van der Waals surface area (Å²) in [6.07, 6.45) is 23.4. The number of hydrogen-bond donors (Lipinski definition) is 0. The summed E-state index contributed by atoms with van der Waals surface area (Å²) in [4.78, 5) is 11.9. The van der Waals surface area contributed by atoms with E-state index in [2.05, 4.69) is 6.92 Å². The van der Waals surface area contributed by atoms with E-state index in [-0.39, 0.29) is 12.3 Å². The van der Waals surface area contributed by atoms with Gasteiger partial charge in [-0.1, -0.05) is 96.8 Å². The number of hydrogen-bond acceptors (Lipinski definition) is 12. The maximum Gasteiger partial charge on any atom is 0.305 e. The van der Waals surface area contributed by atoms with Crippen molar-refractivity contribution in [2.75, 3.05) is 126 Å². The zero-order valence-electron chi connectivity index (χ0n) is 33.8. The van der Waals surface area contributed by atoms with Gasteiger partial charge in [-0.15, -0.1) is 0 Å². The Kier molecular flexibility index (Phi) is 41.4. The summed E-state index contributed by atoms with van der Waals surface area (Å²) in [7, 11) is 0. The van der Waals surface area contributed by atoms with Crippen LogP contribution in [0.3, 0.4) is 0 Å². The average Bonchev–Trinajstić information content (AvgIpc) is 3.17. The number of carbonyl (C=O) groups excluding carboxylic acids is 1. The fourth-order valence-corrected chi connectivity index (χ4v) is 5.65. The van der Waals surface area contributed by atoms with Gasteiger partial charge in [0.2, 0.25) is 0 Å². The summed E-state index contributed by atoms with van der Waals surface area (Å²) in [5.74, 6) is -0.128. The summed E-state index contributed by atoms with van der Waals surface area (Å²) in [5.41, 5.74) is 0. The highest BCUT2D eigenvalue weighted by atomic mass is 16.7. The predicted molar refractivity (Wildman–Crippen MR) is 207 cm³/mol. The third-order valence-corrected chi connectivity index (χ3v) is 8.75. The second-order valence-electron chi connectivity index (χ2n) is 13.5. The maximum absolute atomic E-state index is 11.9. The Morgan fingerprint density at radius 2 is 0.774 bits per heavy atom. The molecule has 1 saturated heterocycles. The van der Waals surface area contributed by atoms with Crippen LogP contribution in [0.4, 0.5) is 0 Å². The molecule has 0 bridgehead atoms. The maximum atomic E-state index is 11.9. The van der Waals surface area contributed by atoms with Gasteiger partial charge in [0.25, 0.3) is 0 Å². The van der Waals surface area contributed by atoms with E-state index in [1.807, 2.05) is 0 Å². The first-order chi connectivity index (χ1) is 26.3. The van der Waals surface area contributed by atoms with Gasteiger partial charge >= 0.3 is 5.97 Å². The van der Waals surface area contributed by atoms with Crippen LogP contribution < -0.4 is 0 Å². The Labute approximate surface area is 323 Å². The standard InChI is InChI=1S/C41H80O12/c1-2-3-4-5-6-7-8-9-10-11-12-13-14-15-16-19-40(42)51-38-36-49-34-32-47-30-28-45-26-24-43-22-23-44-25-27-46-29-31-48-33-35-50-37-39-53-41-20-17-18-21-52-41/h41H,2-39H2,1H3. The van der Waals surface area contributed by atoms with Gasteiger partial charge in [0.05, 0.1) is 112 Å². The highest BCUT2D eigenvalue weighted by molar-refractivity contribution is 5.69. The third kappa shape index (κ3) is 40.5. The number of ether oxygens (including phenoxy) is 11. The molecule has 1 rings (SSSR count). The summed E-state index contributed by atoms with van der Waals surface area (Å²) in [6, 6.07) is 0. The van der Waals surface area contributed by atoms with Gasteiger partial charge in [0.15, 0.2) is 6.29 Å². The molecule has 0 radical (unpaired) electrons. The van der Waals surface area contributed by atoms with Crippen LogP contribution in [0, 0.1) is 0 Å². The Hall–Kier alpha value is -0.930. The lowest BCUT2D eigenvalue weighted by atomic mass is 10.0. The molecule has 1 fully saturated rings. The van der Waals surface area contributed by atoms with E-state index >= 15 is 0 Å². The molecule has 316 valence electrons. The molecule has 0 aromatic rings. The lowest BCUT2D eigenvalue weighted by Crippen LogP contribution is -2.24. The molecule has 1 atom stereocenters. The molecule has 12 nitrogen and oxygen atoms in total. The number of carbonyl (C=O) groups is 1. The Morgan fingerprint density at radius 1 is 0.434 bits per heavy atom. The van der Waals surface area contributed by atoms with E-state index in [0.29, 0.717) is 125 Å². The fraction of sp³-hybridized carbons (Fsp3) is 0.976. The van der Waals surface area contributed by atoms with Crippen molar-refractivity contribution >= 4 is 5.97 Å². The lowest BCUT2D eigenvalue weighted by molar-refractivity contribution is -0.169. The number of rotatable bonds is 44. The van der Waals surface area contributed by atoms with E-state index in [1.54, 1.807) is 0 Å². The normalized spacial score (nSPS) is 14.6. The van der Waals surface area contributed by atoms with Crippen molar-refractivity contribution in [1.29, 1.82) is 0 Å². The lowest BCUT2D eigenvalue weighted by Gasteiger charge is -2.22. The zero-order chi connectivity index (χ0) is 37.8. The zero-order valence-corrected chi connectivity index (χ0v) is 33.8. The van der Waals surface area contributed by atoms with Crippen molar-refractivity contribution in [1.82, 2.24) is 0 Å². The molecule has 12 heteroatoms. The fourth-order valence-electron chi connectivity index (χ4n) is 5.65. The third-order valence-electron chi connectivity index (χ3n) is 8.75. The first-order valence-electron chi connectivity index (χ1n) is 21.3. The van der Waals surface area contributed by atoms with Gasteiger partial charge in [-0.2, -0.15) is 0 Å². The summed E-state index contributed by atoms with van der Waals surface area (Å²) < 4.78 is 60.4. The molecule has 0 amide bonds. The largest absolute Gasteiger partial charge is 0.463 e. The Morgan fingerprint density at radius 3 is 1.13 bits per heavy atom. The van der Waals surface area contributed by atoms with Crippen molar-refractivity contribution in [2.45, 2.75) is 135 Å². The number of esters is 1. The minimum absolute atomic E-state index is 0.0668. The predicted octanol–water partition coefficient (Wildman–Crippen LogP) is 7.47. The molecule has 0 saturated carbocycles. The van der Waals surface area contributed by atoms with Crippen LogP contribution in [-0.2, 0) is 56.9 Å². The van der Waals surface area contributed by atoms with E-state index in [9.17, 15) is 4.79 Å². The Balaban J connectivity index is 1.63. The smallest absolute Gasteiger partial charge is 0.305 e. The van der Waals surface area contributed by atoms with Crippen LogP contribution in [0.5, 0.6) is 0 Å². The van der Waals surface area contributed by atoms with E-state index in [1.165, 1.54) is 89.9 Å². The molecule has 0 N–H and O–H groups in total. The van der Waals surface area contributed by atoms with Gasteiger partial charge in [-0.25, -0.2) is 0 Å². The molecule has 53 heavy (non-hydrogen) atoms. The quantitative estimate of drug-likeness (QED) is 0.0453. The van der Waals surface area contributed by atoms with E-state index in [0.717, 1.165) is 32.3 Å². The van der Waals surface area contributed by atoms with Gasteiger partial charge in [-0.05, 0) is 25.7 Å². The van der Waals surface area contributed by atoms with Crippen molar-refractivity contribution in [3.63, 3.8) is 0 Å². The molecule has 0 aromatic carbocycles. The van der Waals surface area contributed by atoms with Crippen molar-refractivity contribution in [3.8, 4) is 0 Å². The van der Waals surface area contributed by atoms with Crippen LogP contribution in [0.2, 0.25) is 0 Å². The molecule has 0 aliphatic carbocycles.